The van der Waals surface area contributed by atoms with E-state index in [4.69, 9.17) is 5.11 Å². The van der Waals surface area contributed by atoms with Gasteiger partial charge in [-0.1, -0.05) is 13.8 Å². The lowest BCUT2D eigenvalue weighted by atomic mass is 9.99. The fourth-order valence-corrected chi connectivity index (χ4v) is 2.84. The summed E-state index contributed by atoms with van der Waals surface area (Å²) in [5.74, 6) is -0.448. The van der Waals surface area contributed by atoms with Crippen molar-refractivity contribution in [3.8, 4) is 0 Å². The van der Waals surface area contributed by atoms with Gasteiger partial charge < -0.3 is 14.9 Å². The van der Waals surface area contributed by atoms with Crippen LogP contribution in [-0.2, 0) is 4.79 Å². The van der Waals surface area contributed by atoms with E-state index in [9.17, 15) is 9.59 Å². The Morgan fingerprint density at radius 3 is 2.17 bits per heavy atom. The minimum absolute atomic E-state index is 0.0255. The molecule has 102 valence electrons. The Hall–Kier alpha value is -1.26. The third-order valence-corrected chi connectivity index (χ3v) is 4.25. The molecule has 0 aromatic rings. The molecular formula is C13H22N2O3. The molecule has 1 N–H and O–H groups in total. The predicted molar refractivity (Wildman–Crippen MR) is 67.2 cm³/mol. The summed E-state index contributed by atoms with van der Waals surface area (Å²) in [6.07, 6.45) is 2.11. The number of urea groups is 1. The summed E-state index contributed by atoms with van der Waals surface area (Å²) in [4.78, 5) is 26.9. The van der Waals surface area contributed by atoms with Gasteiger partial charge >= 0.3 is 12.0 Å². The van der Waals surface area contributed by atoms with E-state index in [0.717, 1.165) is 25.9 Å². The summed E-state index contributed by atoms with van der Waals surface area (Å²) in [7, 11) is 0. The first-order valence-corrected chi connectivity index (χ1v) is 6.75. The number of nitrogens with zero attached hydrogens (tertiary/aromatic N) is 2. The van der Waals surface area contributed by atoms with Crippen molar-refractivity contribution in [1.82, 2.24) is 9.80 Å². The minimum atomic E-state index is -0.787. The van der Waals surface area contributed by atoms with E-state index < -0.39 is 11.9 Å². The number of carboxylic acid groups (broad SMARTS) is 1. The monoisotopic (exact) mass is 254 g/mol. The molecule has 0 radical (unpaired) electrons. The molecule has 2 aliphatic heterocycles. The maximum atomic E-state index is 12.3. The Kier molecular flexibility index (Phi) is 3.78. The lowest BCUT2D eigenvalue weighted by Gasteiger charge is -2.33. The zero-order valence-corrected chi connectivity index (χ0v) is 11.1. The van der Waals surface area contributed by atoms with Crippen LogP contribution in [0.15, 0.2) is 0 Å². The van der Waals surface area contributed by atoms with Gasteiger partial charge in [0.2, 0.25) is 0 Å². The van der Waals surface area contributed by atoms with E-state index in [2.05, 4.69) is 6.92 Å². The summed E-state index contributed by atoms with van der Waals surface area (Å²) in [5, 5.41) is 9.08. The Bertz CT molecular complexity index is 337. The number of carbonyl (C=O) groups excluding carboxylic acids is 1. The molecule has 2 saturated heterocycles. The normalized spacial score (nSPS) is 29.7. The number of hydrogen-bond donors (Lipinski definition) is 1. The van der Waals surface area contributed by atoms with Crippen molar-refractivity contribution in [2.24, 2.45) is 17.8 Å². The van der Waals surface area contributed by atoms with Gasteiger partial charge in [0.15, 0.2) is 0 Å². The van der Waals surface area contributed by atoms with Crippen molar-refractivity contribution in [2.45, 2.75) is 26.7 Å². The predicted octanol–water partition coefficient (Wildman–Crippen LogP) is 1.49. The van der Waals surface area contributed by atoms with Crippen LogP contribution >= 0.6 is 0 Å². The maximum Gasteiger partial charge on any atom is 0.320 e. The third-order valence-electron chi connectivity index (χ3n) is 4.25. The molecule has 0 saturated carbocycles. The van der Waals surface area contributed by atoms with Crippen LogP contribution in [0.25, 0.3) is 0 Å². The first-order valence-electron chi connectivity index (χ1n) is 6.75. The molecule has 0 aromatic heterocycles. The van der Waals surface area contributed by atoms with E-state index in [-0.39, 0.29) is 11.9 Å². The van der Waals surface area contributed by atoms with E-state index in [1.54, 1.807) is 4.90 Å². The Morgan fingerprint density at radius 1 is 1.06 bits per heavy atom. The van der Waals surface area contributed by atoms with Crippen LogP contribution in [0.5, 0.6) is 0 Å². The molecule has 0 bridgehead atoms. The summed E-state index contributed by atoms with van der Waals surface area (Å²) in [6, 6.07) is 0.0255. The number of hydrogen-bond acceptors (Lipinski definition) is 2. The summed E-state index contributed by atoms with van der Waals surface area (Å²) < 4.78 is 0. The van der Waals surface area contributed by atoms with Gasteiger partial charge in [-0.25, -0.2) is 4.79 Å². The quantitative estimate of drug-likeness (QED) is 0.771. The van der Waals surface area contributed by atoms with Crippen LogP contribution in [-0.4, -0.2) is 53.1 Å². The SMILES string of the molecule is CC1CCN(C(=O)N2CC(C)C(C(=O)O)C2)CC1. The summed E-state index contributed by atoms with van der Waals surface area (Å²) in [6.45, 7) is 6.67. The molecule has 2 heterocycles. The van der Waals surface area contributed by atoms with Crippen LogP contribution in [0, 0.1) is 17.8 Å². The third kappa shape index (κ3) is 2.60. The lowest BCUT2D eigenvalue weighted by Crippen LogP contribution is -2.45. The van der Waals surface area contributed by atoms with Crippen LogP contribution in [0.2, 0.25) is 0 Å². The van der Waals surface area contributed by atoms with Gasteiger partial charge in [-0.05, 0) is 24.7 Å². The fourth-order valence-electron chi connectivity index (χ4n) is 2.84. The van der Waals surface area contributed by atoms with Crippen molar-refractivity contribution in [2.75, 3.05) is 26.2 Å². The Balaban J connectivity index is 1.92. The highest BCUT2D eigenvalue weighted by Crippen LogP contribution is 2.25. The molecule has 2 aliphatic rings. The summed E-state index contributed by atoms with van der Waals surface area (Å²) in [5.41, 5.74) is 0. The zero-order valence-electron chi connectivity index (χ0n) is 11.1. The number of carboxylic acids is 1. The highest BCUT2D eigenvalue weighted by molar-refractivity contribution is 5.77. The molecule has 0 aliphatic carbocycles. The van der Waals surface area contributed by atoms with E-state index in [1.807, 2.05) is 11.8 Å². The van der Waals surface area contributed by atoms with Gasteiger partial charge in [0, 0.05) is 26.2 Å². The van der Waals surface area contributed by atoms with Gasteiger partial charge in [0.1, 0.15) is 0 Å². The number of carbonyl (C=O) groups is 2. The van der Waals surface area contributed by atoms with E-state index in [1.165, 1.54) is 0 Å². The fraction of sp³-hybridized carbons (Fsp3) is 0.846. The van der Waals surface area contributed by atoms with Crippen molar-refractivity contribution >= 4 is 12.0 Å². The zero-order chi connectivity index (χ0) is 13.3. The maximum absolute atomic E-state index is 12.3. The Morgan fingerprint density at radius 2 is 1.67 bits per heavy atom. The van der Waals surface area contributed by atoms with Crippen molar-refractivity contribution < 1.29 is 14.7 Å². The lowest BCUT2D eigenvalue weighted by molar-refractivity contribution is -0.142. The molecule has 0 aromatic carbocycles. The van der Waals surface area contributed by atoms with Gasteiger partial charge in [-0.3, -0.25) is 4.79 Å². The molecular weight excluding hydrogens is 232 g/mol. The average Bonchev–Trinajstić information content (AvgIpc) is 2.71. The van der Waals surface area contributed by atoms with Gasteiger partial charge in [0.05, 0.1) is 5.92 Å². The second-order valence-corrected chi connectivity index (χ2v) is 5.78. The van der Waals surface area contributed by atoms with Crippen LogP contribution in [0.4, 0.5) is 4.79 Å². The van der Waals surface area contributed by atoms with Crippen LogP contribution < -0.4 is 0 Å². The smallest absolute Gasteiger partial charge is 0.320 e. The van der Waals surface area contributed by atoms with Gasteiger partial charge in [-0.2, -0.15) is 0 Å². The minimum Gasteiger partial charge on any atom is -0.481 e. The Labute approximate surface area is 108 Å². The number of rotatable bonds is 1. The number of likely N-dealkylation sites (tertiary alicyclic amines) is 2. The van der Waals surface area contributed by atoms with Gasteiger partial charge in [0.25, 0.3) is 0 Å². The number of amides is 2. The molecule has 2 atom stereocenters. The molecule has 2 unspecified atom stereocenters. The molecule has 18 heavy (non-hydrogen) atoms. The number of piperidine rings is 1. The van der Waals surface area contributed by atoms with Crippen molar-refractivity contribution in [1.29, 1.82) is 0 Å². The molecule has 0 spiro atoms. The highest BCUT2D eigenvalue weighted by Gasteiger charge is 2.38. The highest BCUT2D eigenvalue weighted by atomic mass is 16.4. The summed E-state index contributed by atoms with van der Waals surface area (Å²) >= 11 is 0. The van der Waals surface area contributed by atoms with Crippen LogP contribution in [0.3, 0.4) is 0 Å². The van der Waals surface area contributed by atoms with Crippen molar-refractivity contribution in [3.63, 3.8) is 0 Å². The average molecular weight is 254 g/mol. The second kappa shape index (κ2) is 5.16. The topological polar surface area (TPSA) is 60.9 Å². The second-order valence-electron chi connectivity index (χ2n) is 5.78. The first-order chi connectivity index (χ1) is 8.49. The molecule has 5 heteroatoms. The molecule has 2 rings (SSSR count). The van der Waals surface area contributed by atoms with E-state index in [0.29, 0.717) is 19.0 Å². The first kappa shape index (κ1) is 13.2. The number of aliphatic carboxylic acids is 1. The molecule has 2 amide bonds. The van der Waals surface area contributed by atoms with E-state index >= 15 is 0 Å². The van der Waals surface area contributed by atoms with Gasteiger partial charge in [-0.15, -0.1) is 0 Å². The molecule has 5 nitrogen and oxygen atoms in total. The molecule has 2 fully saturated rings. The van der Waals surface area contributed by atoms with Crippen LogP contribution in [0.1, 0.15) is 26.7 Å². The largest absolute Gasteiger partial charge is 0.481 e. The van der Waals surface area contributed by atoms with Crippen molar-refractivity contribution in [3.05, 3.63) is 0 Å². The standard InChI is InChI=1S/C13H22N2O3/c1-9-3-5-14(6-4-9)13(18)15-7-10(2)11(8-15)12(16)17/h9-11H,3-8H2,1-2H3,(H,16,17).